The molecule has 130 valence electrons. The first kappa shape index (κ1) is 16.2. The van der Waals surface area contributed by atoms with Crippen LogP contribution in [0.15, 0.2) is 70.6 Å². The molecule has 3 aromatic heterocycles. The van der Waals surface area contributed by atoms with Crippen LogP contribution >= 0.6 is 11.8 Å². The van der Waals surface area contributed by atoms with E-state index < -0.39 is 5.97 Å². The Bertz CT molecular complexity index is 1040. The first-order valence-electron chi connectivity index (χ1n) is 7.80. The van der Waals surface area contributed by atoms with Crippen LogP contribution in [0, 0.1) is 0 Å². The standard InChI is InChI=1S/C18H14N4O3S/c23-17(24)13-7-5-12(6-8-13)11-26-18-20-16(19-15-4-2-10-25-15)14-3-1-9-22(14)21-18/h1-10H,11H2,(H,23,24)(H,19,20,21). The minimum Gasteiger partial charge on any atom is -0.478 e. The fourth-order valence-electron chi connectivity index (χ4n) is 2.43. The average molecular weight is 366 g/mol. The van der Waals surface area contributed by atoms with Crippen molar-refractivity contribution in [3.8, 4) is 0 Å². The van der Waals surface area contributed by atoms with Gasteiger partial charge in [-0.25, -0.2) is 14.3 Å². The molecule has 0 bridgehead atoms. The van der Waals surface area contributed by atoms with Crippen LogP contribution in [0.25, 0.3) is 5.52 Å². The summed E-state index contributed by atoms with van der Waals surface area (Å²) in [5, 5.41) is 17.2. The minimum absolute atomic E-state index is 0.272. The number of carbonyl (C=O) groups is 1. The lowest BCUT2D eigenvalue weighted by Crippen LogP contribution is -2.02. The fraction of sp³-hybridized carbons (Fsp3) is 0.0556. The summed E-state index contributed by atoms with van der Waals surface area (Å²) in [6.07, 6.45) is 3.45. The molecule has 0 aliphatic carbocycles. The van der Waals surface area contributed by atoms with Crippen LogP contribution in [0.5, 0.6) is 0 Å². The summed E-state index contributed by atoms with van der Waals surface area (Å²) >= 11 is 1.47. The molecule has 1 aromatic carbocycles. The summed E-state index contributed by atoms with van der Waals surface area (Å²) in [6, 6.07) is 14.2. The fourth-order valence-corrected chi connectivity index (χ4v) is 3.22. The highest BCUT2D eigenvalue weighted by Crippen LogP contribution is 2.25. The van der Waals surface area contributed by atoms with Crippen molar-refractivity contribution in [2.75, 3.05) is 5.32 Å². The van der Waals surface area contributed by atoms with E-state index in [-0.39, 0.29) is 5.56 Å². The lowest BCUT2D eigenvalue weighted by atomic mass is 10.1. The summed E-state index contributed by atoms with van der Waals surface area (Å²) in [7, 11) is 0. The number of carboxylic acids is 1. The molecule has 0 amide bonds. The lowest BCUT2D eigenvalue weighted by Gasteiger charge is -2.08. The van der Waals surface area contributed by atoms with Gasteiger partial charge in [0.25, 0.3) is 0 Å². The lowest BCUT2D eigenvalue weighted by molar-refractivity contribution is 0.0697. The zero-order chi connectivity index (χ0) is 17.9. The molecule has 0 spiro atoms. The van der Waals surface area contributed by atoms with Crippen molar-refractivity contribution in [2.24, 2.45) is 0 Å². The number of anilines is 2. The third kappa shape index (κ3) is 3.40. The molecule has 7 nitrogen and oxygen atoms in total. The van der Waals surface area contributed by atoms with Gasteiger partial charge >= 0.3 is 5.97 Å². The van der Waals surface area contributed by atoms with Crippen molar-refractivity contribution in [3.63, 3.8) is 0 Å². The van der Waals surface area contributed by atoms with Gasteiger partial charge in [0.2, 0.25) is 5.16 Å². The Balaban J connectivity index is 1.55. The van der Waals surface area contributed by atoms with Crippen molar-refractivity contribution in [1.82, 2.24) is 14.6 Å². The van der Waals surface area contributed by atoms with E-state index in [0.717, 1.165) is 11.1 Å². The van der Waals surface area contributed by atoms with Gasteiger partial charge in [-0.05, 0) is 35.9 Å². The summed E-state index contributed by atoms with van der Waals surface area (Å²) in [5.74, 6) is 0.960. The third-order valence-corrected chi connectivity index (χ3v) is 4.61. The second-order valence-corrected chi connectivity index (χ2v) is 6.42. The molecule has 4 rings (SSSR count). The van der Waals surface area contributed by atoms with E-state index in [1.807, 2.05) is 24.4 Å². The van der Waals surface area contributed by atoms with Crippen LogP contribution in [-0.2, 0) is 5.75 Å². The number of nitrogens with one attached hydrogen (secondary N) is 1. The Morgan fingerprint density at radius 2 is 2.04 bits per heavy atom. The molecular weight excluding hydrogens is 352 g/mol. The van der Waals surface area contributed by atoms with Crippen LogP contribution in [0.3, 0.4) is 0 Å². The number of hydrogen-bond donors (Lipinski definition) is 2. The molecular formula is C18H14N4O3S. The van der Waals surface area contributed by atoms with E-state index in [2.05, 4.69) is 15.4 Å². The molecule has 2 N–H and O–H groups in total. The number of thioether (sulfide) groups is 1. The van der Waals surface area contributed by atoms with E-state index in [0.29, 0.717) is 22.6 Å². The Kier molecular flexibility index (Phi) is 4.32. The predicted molar refractivity (Wildman–Crippen MR) is 97.9 cm³/mol. The van der Waals surface area contributed by atoms with Gasteiger partial charge in [0.05, 0.1) is 11.8 Å². The topological polar surface area (TPSA) is 92.7 Å². The van der Waals surface area contributed by atoms with Crippen molar-refractivity contribution in [2.45, 2.75) is 10.9 Å². The number of aromatic carboxylic acids is 1. The Hall–Kier alpha value is -3.26. The quantitative estimate of drug-likeness (QED) is 0.497. The average Bonchev–Trinajstić information content (AvgIpc) is 3.32. The molecule has 0 unspecified atom stereocenters. The van der Waals surface area contributed by atoms with Gasteiger partial charge in [-0.3, -0.25) is 0 Å². The molecule has 0 saturated heterocycles. The van der Waals surface area contributed by atoms with Gasteiger partial charge in [-0.1, -0.05) is 23.9 Å². The largest absolute Gasteiger partial charge is 0.478 e. The highest BCUT2D eigenvalue weighted by molar-refractivity contribution is 7.98. The number of hydrogen-bond acceptors (Lipinski definition) is 6. The van der Waals surface area contributed by atoms with Gasteiger partial charge in [-0.2, -0.15) is 0 Å². The predicted octanol–water partition coefficient (Wildman–Crippen LogP) is 4.06. The van der Waals surface area contributed by atoms with E-state index in [4.69, 9.17) is 9.52 Å². The Labute approximate surface area is 152 Å². The molecule has 8 heteroatoms. The molecule has 26 heavy (non-hydrogen) atoms. The van der Waals surface area contributed by atoms with E-state index in [9.17, 15) is 4.79 Å². The smallest absolute Gasteiger partial charge is 0.335 e. The number of nitrogens with zero attached hydrogens (tertiary/aromatic N) is 3. The van der Waals surface area contributed by atoms with Crippen LogP contribution in [-0.4, -0.2) is 25.7 Å². The minimum atomic E-state index is -0.931. The number of rotatable bonds is 6. The molecule has 0 radical (unpaired) electrons. The van der Waals surface area contributed by atoms with Crippen LogP contribution < -0.4 is 5.32 Å². The maximum absolute atomic E-state index is 10.9. The third-order valence-electron chi connectivity index (χ3n) is 3.70. The van der Waals surface area contributed by atoms with Crippen molar-refractivity contribution >= 4 is 34.9 Å². The normalized spacial score (nSPS) is 10.9. The van der Waals surface area contributed by atoms with Crippen molar-refractivity contribution < 1.29 is 14.3 Å². The van der Waals surface area contributed by atoms with Gasteiger partial charge in [0, 0.05) is 18.0 Å². The molecule has 0 saturated carbocycles. The monoisotopic (exact) mass is 366 g/mol. The van der Waals surface area contributed by atoms with Crippen LogP contribution in [0.2, 0.25) is 0 Å². The number of aromatic nitrogens is 3. The van der Waals surface area contributed by atoms with Gasteiger partial charge in [0.15, 0.2) is 11.7 Å². The van der Waals surface area contributed by atoms with Crippen molar-refractivity contribution in [3.05, 3.63) is 72.1 Å². The summed E-state index contributed by atoms with van der Waals surface area (Å²) in [6.45, 7) is 0. The first-order valence-corrected chi connectivity index (χ1v) is 8.78. The van der Waals surface area contributed by atoms with E-state index in [1.165, 1.54) is 11.8 Å². The van der Waals surface area contributed by atoms with E-state index >= 15 is 0 Å². The highest BCUT2D eigenvalue weighted by atomic mass is 32.2. The summed E-state index contributed by atoms with van der Waals surface area (Å²) < 4.78 is 7.09. The van der Waals surface area contributed by atoms with E-state index in [1.54, 1.807) is 41.1 Å². The number of carboxylic acid groups (broad SMARTS) is 1. The van der Waals surface area contributed by atoms with Gasteiger partial charge < -0.3 is 14.8 Å². The number of benzene rings is 1. The van der Waals surface area contributed by atoms with Crippen molar-refractivity contribution in [1.29, 1.82) is 0 Å². The molecule has 0 atom stereocenters. The Morgan fingerprint density at radius 1 is 1.19 bits per heavy atom. The van der Waals surface area contributed by atoms with Gasteiger partial charge in [-0.15, -0.1) is 5.10 Å². The van der Waals surface area contributed by atoms with Gasteiger partial charge in [0.1, 0.15) is 5.52 Å². The molecule has 3 heterocycles. The number of furan rings is 1. The second-order valence-electron chi connectivity index (χ2n) is 5.47. The van der Waals surface area contributed by atoms with Crippen LogP contribution in [0.4, 0.5) is 11.7 Å². The maximum atomic E-state index is 10.9. The first-order chi connectivity index (χ1) is 12.7. The Morgan fingerprint density at radius 3 is 2.77 bits per heavy atom. The zero-order valence-electron chi connectivity index (χ0n) is 13.5. The summed E-state index contributed by atoms with van der Waals surface area (Å²) in [5.41, 5.74) is 2.11. The molecule has 4 aromatic rings. The number of fused-ring (bicyclic) bond motifs is 1. The highest BCUT2D eigenvalue weighted by Gasteiger charge is 2.10. The molecule has 0 aliphatic heterocycles. The maximum Gasteiger partial charge on any atom is 0.335 e. The molecule has 0 fully saturated rings. The SMILES string of the molecule is O=C(O)c1ccc(CSc2nc(Nc3ccco3)c3cccn3n2)cc1. The second kappa shape index (κ2) is 6.93. The van der Waals surface area contributed by atoms with Crippen LogP contribution in [0.1, 0.15) is 15.9 Å². The zero-order valence-corrected chi connectivity index (χ0v) is 14.3. The summed E-state index contributed by atoms with van der Waals surface area (Å²) in [4.78, 5) is 15.5. The molecule has 0 aliphatic rings.